The first kappa shape index (κ1) is 28.4. The van der Waals surface area contributed by atoms with Gasteiger partial charge in [-0.15, -0.1) is 0 Å². The normalized spacial score (nSPS) is 11.2. The lowest BCUT2D eigenvalue weighted by molar-refractivity contribution is -0.137. The third-order valence-corrected chi connectivity index (χ3v) is 6.02. The number of nitrogens with zero attached hydrogens (tertiary/aromatic N) is 3. The summed E-state index contributed by atoms with van der Waals surface area (Å²) >= 11 is 0. The molecule has 4 aromatic rings. The van der Waals surface area contributed by atoms with Gasteiger partial charge < -0.3 is 14.4 Å². The zero-order chi connectivity index (χ0) is 28.7. The third-order valence-electron chi connectivity index (χ3n) is 6.02. The van der Waals surface area contributed by atoms with Crippen molar-refractivity contribution in [2.75, 3.05) is 39.2 Å². The highest BCUT2D eigenvalue weighted by Gasteiger charge is 2.30. The fourth-order valence-electron chi connectivity index (χ4n) is 3.93. The number of anilines is 1. The van der Waals surface area contributed by atoms with Gasteiger partial charge in [-0.25, -0.2) is 4.98 Å². The number of methoxy groups -OCH3 is 2. The molecule has 0 aliphatic rings. The molecule has 0 saturated carbocycles. The number of nitrogens with one attached hydrogen (secondary N) is 1. The lowest BCUT2D eigenvalue weighted by atomic mass is 10.2. The van der Waals surface area contributed by atoms with Crippen LogP contribution in [0, 0.1) is 0 Å². The Labute approximate surface area is 229 Å². The summed E-state index contributed by atoms with van der Waals surface area (Å²) in [5.74, 6) is -0.253. The number of alkyl halides is 3. The third kappa shape index (κ3) is 6.86. The largest absolute Gasteiger partial charge is 0.497 e. The van der Waals surface area contributed by atoms with Crippen molar-refractivity contribution in [1.29, 1.82) is 0 Å². The van der Waals surface area contributed by atoms with E-state index in [1.54, 1.807) is 30.5 Å². The van der Waals surface area contributed by atoms with Gasteiger partial charge in [-0.2, -0.15) is 13.2 Å². The predicted molar refractivity (Wildman–Crippen MR) is 143 cm³/mol. The summed E-state index contributed by atoms with van der Waals surface area (Å²) in [5, 5.41) is 2.71. The number of imidazole rings is 1. The van der Waals surface area contributed by atoms with Crippen molar-refractivity contribution < 1.29 is 32.2 Å². The van der Waals surface area contributed by atoms with Gasteiger partial charge in [0.1, 0.15) is 12.3 Å². The maximum Gasteiger partial charge on any atom is 0.416 e. The summed E-state index contributed by atoms with van der Waals surface area (Å²) in [7, 11) is 3.01. The van der Waals surface area contributed by atoms with Gasteiger partial charge in [0.25, 0.3) is 5.91 Å². The SMILES string of the molecule is COCCN(CC(=O)Nc1nc(-c2ccccc2)cn1-c1ccc(C(F)(F)F)cc1)C(=O)c1ccc(OC)cc1. The molecule has 0 saturated heterocycles. The zero-order valence-electron chi connectivity index (χ0n) is 21.8. The smallest absolute Gasteiger partial charge is 0.416 e. The van der Waals surface area contributed by atoms with Crippen molar-refractivity contribution >= 4 is 17.8 Å². The van der Waals surface area contributed by atoms with Crippen LogP contribution in [0.5, 0.6) is 5.75 Å². The fraction of sp³-hybridized carbons (Fsp3) is 0.207. The molecule has 0 atom stereocenters. The van der Waals surface area contributed by atoms with Crippen molar-refractivity contribution in [3.8, 4) is 22.7 Å². The van der Waals surface area contributed by atoms with Gasteiger partial charge in [0.05, 0.1) is 25.0 Å². The topological polar surface area (TPSA) is 85.7 Å². The van der Waals surface area contributed by atoms with E-state index in [0.29, 0.717) is 22.7 Å². The van der Waals surface area contributed by atoms with Crippen LogP contribution >= 0.6 is 0 Å². The van der Waals surface area contributed by atoms with Gasteiger partial charge >= 0.3 is 6.18 Å². The molecule has 0 bridgehead atoms. The van der Waals surface area contributed by atoms with Gasteiger partial charge in [0, 0.05) is 36.7 Å². The highest BCUT2D eigenvalue weighted by atomic mass is 19.4. The van der Waals surface area contributed by atoms with Gasteiger partial charge in [0.2, 0.25) is 11.9 Å². The second-order valence-corrected chi connectivity index (χ2v) is 8.73. The maximum absolute atomic E-state index is 13.2. The molecule has 0 aliphatic carbocycles. The van der Waals surface area contributed by atoms with Crippen LogP contribution < -0.4 is 10.1 Å². The molecule has 0 radical (unpaired) electrons. The molecule has 1 aromatic heterocycles. The lowest BCUT2D eigenvalue weighted by Crippen LogP contribution is -2.40. The molecule has 0 fully saturated rings. The van der Waals surface area contributed by atoms with Gasteiger partial charge in [-0.3, -0.25) is 19.5 Å². The fourth-order valence-corrected chi connectivity index (χ4v) is 3.93. The average molecular weight is 553 g/mol. The highest BCUT2D eigenvalue weighted by molar-refractivity contribution is 5.99. The Balaban J connectivity index is 1.60. The van der Waals surface area contributed by atoms with Crippen LogP contribution in [0.15, 0.2) is 85.1 Å². The first-order chi connectivity index (χ1) is 19.2. The number of hydrogen-bond acceptors (Lipinski definition) is 5. The number of halogens is 3. The molecule has 40 heavy (non-hydrogen) atoms. The van der Waals surface area contributed by atoms with Crippen molar-refractivity contribution in [2.45, 2.75) is 6.18 Å². The quantitative estimate of drug-likeness (QED) is 0.289. The van der Waals surface area contributed by atoms with Crippen LogP contribution in [0.4, 0.5) is 19.1 Å². The number of rotatable bonds is 10. The molecule has 0 unspecified atom stereocenters. The Morgan fingerprint density at radius 2 is 1.62 bits per heavy atom. The molecule has 8 nitrogen and oxygen atoms in total. The summed E-state index contributed by atoms with van der Waals surface area (Å²) in [5.41, 5.74) is 1.18. The second-order valence-electron chi connectivity index (χ2n) is 8.73. The standard InChI is InChI=1S/C29H27F3N4O4/c1-39-17-16-35(27(38)21-8-14-24(40-2)15-9-21)19-26(37)34-28-33-25(20-6-4-3-5-7-20)18-36(28)23-12-10-22(11-13-23)29(30,31)32/h3-15,18H,16-17,19H2,1-2H3,(H,33,34,37). The maximum atomic E-state index is 13.2. The molecule has 0 aliphatic heterocycles. The molecule has 0 spiro atoms. The lowest BCUT2D eigenvalue weighted by Gasteiger charge is -2.22. The Morgan fingerprint density at radius 3 is 2.23 bits per heavy atom. The number of carbonyl (C=O) groups is 2. The van der Waals surface area contributed by atoms with E-state index in [9.17, 15) is 22.8 Å². The Bertz CT molecular complexity index is 1440. The predicted octanol–water partition coefficient (Wildman–Crippen LogP) is 5.29. The summed E-state index contributed by atoms with van der Waals surface area (Å²) in [4.78, 5) is 32.2. The van der Waals surface area contributed by atoms with E-state index < -0.39 is 17.6 Å². The zero-order valence-corrected chi connectivity index (χ0v) is 21.8. The number of amides is 2. The molecule has 4 rings (SSSR count). The summed E-state index contributed by atoms with van der Waals surface area (Å²) in [6.07, 6.45) is -2.86. The molecule has 208 valence electrons. The molecule has 3 aromatic carbocycles. The van der Waals surface area contributed by atoms with E-state index in [1.165, 1.54) is 35.8 Å². The first-order valence-corrected chi connectivity index (χ1v) is 12.2. The van der Waals surface area contributed by atoms with Crippen molar-refractivity contribution in [3.05, 3.63) is 96.2 Å². The Kier molecular flexibility index (Phi) is 8.85. The number of benzene rings is 3. The molecule has 11 heteroatoms. The molecule has 2 amide bonds. The van der Waals surface area contributed by atoms with E-state index in [0.717, 1.165) is 17.7 Å². The van der Waals surface area contributed by atoms with Crippen LogP contribution in [0.1, 0.15) is 15.9 Å². The number of carbonyl (C=O) groups excluding carboxylic acids is 2. The molecule has 1 heterocycles. The van der Waals surface area contributed by atoms with Gasteiger partial charge in [-0.1, -0.05) is 30.3 Å². The van der Waals surface area contributed by atoms with E-state index in [4.69, 9.17) is 9.47 Å². The second kappa shape index (κ2) is 12.5. The van der Waals surface area contributed by atoms with Gasteiger partial charge in [0.15, 0.2) is 0 Å². The van der Waals surface area contributed by atoms with Crippen molar-refractivity contribution in [1.82, 2.24) is 14.5 Å². The first-order valence-electron chi connectivity index (χ1n) is 12.2. The summed E-state index contributed by atoms with van der Waals surface area (Å²) < 4.78 is 51.1. The molecular formula is C29H27F3N4O4. The van der Waals surface area contributed by atoms with Crippen LogP contribution in [0.2, 0.25) is 0 Å². The van der Waals surface area contributed by atoms with Crippen LogP contribution in [-0.4, -0.2) is 60.2 Å². The summed E-state index contributed by atoms with van der Waals surface area (Å²) in [6, 6.07) is 20.1. The van der Waals surface area contributed by atoms with E-state index >= 15 is 0 Å². The minimum Gasteiger partial charge on any atom is -0.497 e. The number of ether oxygens (including phenoxy) is 2. The van der Waals surface area contributed by atoms with E-state index in [1.807, 2.05) is 30.3 Å². The van der Waals surface area contributed by atoms with E-state index in [2.05, 4.69) is 10.3 Å². The van der Waals surface area contributed by atoms with Crippen LogP contribution in [-0.2, 0) is 15.7 Å². The van der Waals surface area contributed by atoms with Crippen molar-refractivity contribution in [2.24, 2.45) is 0 Å². The summed E-state index contributed by atoms with van der Waals surface area (Å²) in [6.45, 7) is 0.0413. The average Bonchev–Trinajstić information content (AvgIpc) is 3.38. The number of hydrogen-bond donors (Lipinski definition) is 1. The van der Waals surface area contributed by atoms with Gasteiger partial charge in [-0.05, 0) is 48.5 Å². The van der Waals surface area contributed by atoms with E-state index in [-0.39, 0.29) is 31.6 Å². The minimum absolute atomic E-state index is 0.0900. The van der Waals surface area contributed by atoms with Crippen LogP contribution in [0.25, 0.3) is 16.9 Å². The Morgan fingerprint density at radius 1 is 0.950 bits per heavy atom. The minimum atomic E-state index is -4.48. The highest BCUT2D eigenvalue weighted by Crippen LogP contribution is 2.31. The molecule has 1 N–H and O–H groups in total. The number of aromatic nitrogens is 2. The van der Waals surface area contributed by atoms with Crippen LogP contribution in [0.3, 0.4) is 0 Å². The monoisotopic (exact) mass is 552 g/mol. The Hall–Kier alpha value is -4.64. The molecular weight excluding hydrogens is 525 g/mol. The van der Waals surface area contributed by atoms with Crippen molar-refractivity contribution in [3.63, 3.8) is 0 Å².